The zero-order valence-electron chi connectivity index (χ0n) is 21.7. The first kappa shape index (κ1) is 25.8. The summed E-state index contributed by atoms with van der Waals surface area (Å²) in [5.41, 5.74) is 4.99. The van der Waals surface area contributed by atoms with Crippen molar-refractivity contribution < 1.29 is 8.91 Å². The largest absolute Gasteiger partial charge is 0.439 e. The molecule has 0 aliphatic heterocycles. The van der Waals surface area contributed by atoms with Gasteiger partial charge in [0.25, 0.3) is 5.56 Å². The van der Waals surface area contributed by atoms with Gasteiger partial charge in [0.15, 0.2) is 5.82 Å². The van der Waals surface area contributed by atoms with Crippen LogP contribution >= 0.6 is 0 Å². The molecule has 2 N–H and O–H groups in total. The van der Waals surface area contributed by atoms with Gasteiger partial charge in [-0.2, -0.15) is 0 Å². The minimum absolute atomic E-state index is 0.226. The summed E-state index contributed by atoms with van der Waals surface area (Å²) in [6.07, 6.45) is 2.91. The number of rotatable bonds is 9. The fraction of sp³-hybridized carbons (Fsp3) is 0.200. The first-order chi connectivity index (χ1) is 19.0. The van der Waals surface area contributed by atoms with Gasteiger partial charge in [-0.15, -0.1) is 0 Å². The number of anilines is 1. The van der Waals surface area contributed by atoms with E-state index in [0.29, 0.717) is 35.9 Å². The average molecular weight is 526 g/mol. The number of H-pyrrole nitrogens is 1. The average Bonchev–Trinajstić information content (AvgIpc) is 3.39. The lowest BCUT2D eigenvalue weighted by Gasteiger charge is -2.17. The lowest BCUT2D eigenvalue weighted by molar-refractivity contribution is 0.388. The quantitative estimate of drug-likeness (QED) is 0.269. The molecule has 0 aliphatic carbocycles. The highest BCUT2D eigenvalue weighted by Crippen LogP contribution is 2.30. The van der Waals surface area contributed by atoms with Crippen molar-refractivity contribution in [2.24, 2.45) is 0 Å². The van der Waals surface area contributed by atoms with E-state index in [2.05, 4.69) is 26.9 Å². The zero-order chi connectivity index (χ0) is 27.4. The Balaban J connectivity index is 1.54. The Morgan fingerprint density at radius 1 is 1.00 bits per heavy atom. The molecule has 8 nitrogen and oxygen atoms in total. The van der Waals surface area contributed by atoms with Crippen molar-refractivity contribution >= 4 is 5.95 Å². The molecule has 0 saturated carbocycles. The zero-order valence-corrected chi connectivity index (χ0v) is 21.7. The smallest absolute Gasteiger partial charge is 0.358 e. The Hall–Kier alpha value is -4.79. The Bertz CT molecular complexity index is 1720. The van der Waals surface area contributed by atoms with E-state index in [1.807, 2.05) is 48.5 Å². The number of hydrogen-bond donors (Lipinski definition) is 2. The van der Waals surface area contributed by atoms with Crippen LogP contribution in [0.15, 0.2) is 86.9 Å². The number of unbranched alkanes of at least 4 members (excludes halogenated alkanes) is 1. The summed E-state index contributed by atoms with van der Waals surface area (Å²) in [6, 6.07) is 21.4. The Labute approximate surface area is 224 Å². The van der Waals surface area contributed by atoms with Gasteiger partial charge in [0.2, 0.25) is 5.95 Å². The summed E-state index contributed by atoms with van der Waals surface area (Å²) in [5, 5.41) is 6.83. The molecule has 0 unspecified atom stereocenters. The van der Waals surface area contributed by atoms with Crippen LogP contribution in [-0.4, -0.2) is 26.7 Å². The molecule has 3 aromatic carbocycles. The first-order valence-electron chi connectivity index (χ1n) is 12.8. The maximum atomic E-state index is 14.0. The minimum atomic E-state index is -0.615. The third-order valence-electron chi connectivity index (χ3n) is 6.59. The molecule has 0 atom stereocenters. The maximum Gasteiger partial charge on any atom is 0.439 e. The highest BCUT2D eigenvalue weighted by molar-refractivity contribution is 5.80. The molecule has 0 spiro atoms. The van der Waals surface area contributed by atoms with Crippen molar-refractivity contribution in [2.75, 3.05) is 12.4 Å². The molecular weight excluding hydrogens is 497 g/mol. The van der Waals surface area contributed by atoms with E-state index >= 15 is 0 Å². The summed E-state index contributed by atoms with van der Waals surface area (Å²) in [4.78, 5) is 32.7. The van der Waals surface area contributed by atoms with E-state index in [4.69, 9.17) is 4.98 Å². The molecule has 2 heterocycles. The number of aryl methyl sites for hydroxylation is 1. The summed E-state index contributed by atoms with van der Waals surface area (Å²) >= 11 is 0. The number of aromatic nitrogens is 4. The number of nitrogens with one attached hydrogen (secondary N) is 2. The number of nitrogens with zero attached hydrogens (tertiary/aromatic N) is 3. The van der Waals surface area contributed by atoms with Gasteiger partial charge in [0.05, 0.1) is 11.4 Å². The Kier molecular flexibility index (Phi) is 7.49. The van der Waals surface area contributed by atoms with Gasteiger partial charge in [-0.1, -0.05) is 73.1 Å². The summed E-state index contributed by atoms with van der Waals surface area (Å²) in [7, 11) is 1.70. The first-order valence-corrected chi connectivity index (χ1v) is 12.8. The van der Waals surface area contributed by atoms with Crippen LogP contribution in [0.25, 0.3) is 28.2 Å². The van der Waals surface area contributed by atoms with Crippen molar-refractivity contribution in [3.8, 4) is 28.2 Å². The highest BCUT2D eigenvalue weighted by atomic mass is 19.1. The second kappa shape index (κ2) is 11.3. The third-order valence-corrected chi connectivity index (χ3v) is 6.59. The van der Waals surface area contributed by atoms with Crippen LogP contribution in [0.5, 0.6) is 0 Å². The van der Waals surface area contributed by atoms with Crippen LogP contribution in [0, 0.1) is 5.82 Å². The van der Waals surface area contributed by atoms with Crippen molar-refractivity contribution in [3.05, 3.63) is 116 Å². The standard InChI is InChI=1S/C30H28FN5O3/c1-3-4-12-26-25(28(37)36(29(32-2)33-26)22-9-7-8-21(31)18-22)17-19-13-15-20(16-14-19)23-10-5-6-11-24(23)27-34-30(38)39-35-27/h5-11,13-16,18H,3-4,12,17H2,1-2H3,(H,32,33)(H,34,35,38). The molecule has 9 heteroatoms. The molecule has 5 rings (SSSR count). The van der Waals surface area contributed by atoms with E-state index in [1.54, 1.807) is 19.2 Å². The lowest BCUT2D eigenvalue weighted by atomic mass is 9.96. The van der Waals surface area contributed by atoms with Gasteiger partial charge in [0.1, 0.15) is 5.82 Å². The second-order valence-electron chi connectivity index (χ2n) is 9.20. The van der Waals surface area contributed by atoms with Gasteiger partial charge >= 0.3 is 5.76 Å². The van der Waals surface area contributed by atoms with Gasteiger partial charge in [0, 0.05) is 24.6 Å². The number of halogens is 1. The van der Waals surface area contributed by atoms with Crippen LogP contribution in [0.2, 0.25) is 0 Å². The van der Waals surface area contributed by atoms with E-state index < -0.39 is 11.6 Å². The summed E-state index contributed by atoms with van der Waals surface area (Å²) < 4.78 is 20.2. The Morgan fingerprint density at radius 3 is 2.44 bits per heavy atom. The molecule has 0 aliphatic rings. The summed E-state index contributed by atoms with van der Waals surface area (Å²) in [6.45, 7) is 2.10. The fourth-order valence-electron chi connectivity index (χ4n) is 4.64. The van der Waals surface area contributed by atoms with E-state index in [-0.39, 0.29) is 5.56 Å². The fourth-order valence-corrected chi connectivity index (χ4v) is 4.64. The molecule has 0 amide bonds. The molecule has 2 aromatic heterocycles. The molecule has 198 valence electrons. The third kappa shape index (κ3) is 5.43. The van der Waals surface area contributed by atoms with E-state index in [9.17, 15) is 14.0 Å². The lowest BCUT2D eigenvalue weighted by Crippen LogP contribution is -2.28. The molecule has 0 bridgehead atoms. The monoisotopic (exact) mass is 525 g/mol. The highest BCUT2D eigenvalue weighted by Gasteiger charge is 2.18. The number of benzene rings is 3. The molecular formula is C30H28FN5O3. The molecule has 39 heavy (non-hydrogen) atoms. The summed E-state index contributed by atoms with van der Waals surface area (Å²) in [5.74, 6) is -0.313. The maximum absolute atomic E-state index is 14.0. The van der Waals surface area contributed by atoms with Gasteiger partial charge in [-0.05, 0) is 47.7 Å². The van der Waals surface area contributed by atoms with Crippen LogP contribution in [0.3, 0.4) is 0 Å². The number of aromatic amines is 1. The predicted molar refractivity (Wildman–Crippen MR) is 149 cm³/mol. The van der Waals surface area contributed by atoms with Crippen LogP contribution in [-0.2, 0) is 12.8 Å². The van der Waals surface area contributed by atoms with Crippen LogP contribution < -0.4 is 16.6 Å². The Morgan fingerprint density at radius 2 is 1.77 bits per heavy atom. The topological polar surface area (TPSA) is 106 Å². The number of hydrogen-bond acceptors (Lipinski definition) is 6. The molecule has 0 radical (unpaired) electrons. The van der Waals surface area contributed by atoms with Crippen molar-refractivity contribution in [2.45, 2.75) is 32.6 Å². The molecule has 5 aromatic rings. The van der Waals surface area contributed by atoms with Gasteiger partial charge in [-0.3, -0.25) is 14.3 Å². The SMILES string of the molecule is CCCCc1nc(NC)n(-c2cccc(F)c2)c(=O)c1Cc1ccc(-c2ccccc2-c2noc(=O)[nH]2)cc1. The van der Waals surface area contributed by atoms with Gasteiger partial charge < -0.3 is 5.32 Å². The second-order valence-corrected chi connectivity index (χ2v) is 9.20. The van der Waals surface area contributed by atoms with Crippen molar-refractivity contribution in [1.29, 1.82) is 0 Å². The van der Waals surface area contributed by atoms with Crippen molar-refractivity contribution in [3.63, 3.8) is 0 Å². The molecule has 0 saturated heterocycles. The minimum Gasteiger partial charge on any atom is -0.358 e. The normalized spacial score (nSPS) is 11.1. The van der Waals surface area contributed by atoms with Crippen molar-refractivity contribution in [1.82, 2.24) is 19.7 Å². The van der Waals surface area contributed by atoms with E-state index in [0.717, 1.165) is 40.8 Å². The van der Waals surface area contributed by atoms with Crippen LogP contribution in [0.1, 0.15) is 36.6 Å². The molecule has 0 fully saturated rings. The predicted octanol–water partition coefficient (Wildman–Crippen LogP) is 5.36. The van der Waals surface area contributed by atoms with Crippen LogP contribution in [0.4, 0.5) is 10.3 Å². The van der Waals surface area contributed by atoms with Gasteiger partial charge in [-0.25, -0.2) is 18.7 Å². The van der Waals surface area contributed by atoms with E-state index in [1.165, 1.54) is 16.7 Å².